The Balaban J connectivity index is 1.37. The Bertz CT molecular complexity index is 909. The smallest absolute Gasteiger partial charge is 0.319 e. The first kappa shape index (κ1) is 15.7. The van der Waals surface area contributed by atoms with Gasteiger partial charge in [-0.15, -0.1) is 0 Å². The molecule has 1 aliphatic rings. The maximum atomic E-state index is 12.2. The number of hydrogen-bond donors (Lipinski definition) is 3. The fourth-order valence-electron chi connectivity index (χ4n) is 2.86. The molecule has 0 radical (unpaired) electrons. The number of urea groups is 1. The van der Waals surface area contributed by atoms with Crippen LogP contribution < -0.4 is 10.6 Å². The fraction of sp³-hybridized carbons (Fsp3) is 0.389. The van der Waals surface area contributed by atoms with E-state index in [1.807, 2.05) is 38.1 Å². The van der Waals surface area contributed by atoms with E-state index in [2.05, 4.69) is 25.8 Å². The lowest BCUT2D eigenvalue weighted by Gasteiger charge is -2.13. The molecule has 2 amide bonds. The van der Waals surface area contributed by atoms with Gasteiger partial charge in [0.25, 0.3) is 0 Å². The highest BCUT2D eigenvalue weighted by Gasteiger charge is 2.28. The highest BCUT2D eigenvalue weighted by molar-refractivity contribution is 5.91. The number of rotatable bonds is 5. The third-order valence-electron chi connectivity index (χ3n) is 4.24. The lowest BCUT2D eigenvalue weighted by molar-refractivity contribution is 0.249. The minimum atomic E-state index is -0.249. The molecule has 0 aliphatic heterocycles. The van der Waals surface area contributed by atoms with Crippen LogP contribution in [0.1, 0.15) is 43.0 Å². The topological polar surface area (TPSA) is 95.8 Å². The van der Waals surface area contributed by atoms with Crippen molar-refractivity contribution in [3.8, 4) is 0 Å². The normalized spacial score (nSPS) is 15.3. The zero-order valence-electron chi connectivity index (χ0n) is 14.3. The number of oxazole rings is 1. The molecule has 2 aromatic heterocycles. The summed E-state index contributed by atoms with van der Waals surface area (Å²) < 4.78 is 5.78. The van der Waals surface area contributed by atoms with Gasteiger partial charge in [-0.3, -0.25) is 5.10 Å². The second kappa shape index (κ2) is 6.23. The van der Waals surface area contributed by atoms with Gasteiger partial charge in [0.05, 0.1) is 5.69 Å². The third-order valence-corrected chi connectivity index (χ3v) is 4.24. The summed E-state index contributed by atoms with van der Waals surface area (Å²) in [6.07, 6.45) is 2.96. The first-order chi connectivity index (χ1) is 12.1. The number of aryl methyl sites for hydroxylation is 1. The lowest BCUT2D eigenvalue weighted by Crippen LogP contribution is -2.37. The molecule has 1 unspecified atom stereocenters. The first-order valence-electron chi connectivity index (χ1n) is 8.56. The van der Waals surface area contributed by atoms with Crippen molar-refractivity contribution in [3.05, 3.63) is 41.5 Å². The van der Waals surface area contributed by atoms with E-state index < -0.39 is 0 Å². The maximum absolute atomic E-state index is 12.2. The Morgan fingerprint density at radius 3 is 2.96 bits per heavy atom. The van der Waals surface area contributed by atoms with Gasteiger partial charge in [0.1, 0.15) is 5.52 Å². The number of anilines is 1. The van der Waals surface area contributed by atoms with E-state index in [4.69, 9.17) is 4.42 Å². The molecule has 2 heterocycles. The van der Waals surface area contributed by atoms with Gasteiger partial charge >= 0.3 is 6.03 Å². The summed E-state index contributed by atoms with van der Waals surface area (Å²) in [7, 11) is 0. The number of nitrogens with one attached hydrogen (secondary N) is 3. The molecule has 0 spiro atoms. The van der Waals surface area contributed by atoms with Crippen LogP contribution in [0.25, 0.3) is 11.1 Å². The van der Waals surface area contributed by atoms with Gasteiger partial charge in [0, 0.05) is 35.8 Å². The van der Waals surface area contributed by atoms with Crippen molar-refractivity contribution >= 4 is 22.8 Å². The molecule has 1 fully saturated rings. The molecule has 1 aromatic carbocycles. The Morgan fingerprint density at radius 2 is 2.24 bits per heavy atom. The summed E-state index contributed by atoms with van der Waals surface area (Å²) in [6.45, 7) is 3.90. The van der Waals surface area contributed by atoms with Crippen molar-refractivity contribution in [1.29, 1.82) is 0 Å². The predicted octanol–water partition coefficient (Wildman–Crippen LogP) is 3.49. The van der Waals surface area contributed by atoms with Gasteiger partial charge in [-0.2, -0.15) is 5.10 Å². The van der Waals surface area contributed by atoms with Gasteiger partial charge in [0.15, 0.2) is 11.5 Å². The SMILES string of the molecule is Cc1cc(CC(C)NC(=O)Nc2ccc3nc(C4CC4)oc3c2)n[nH]1. The molecular weight excluding hydrogens is 318 g/mol. The standard InChI is InChI=1S/C18H21N5O2/c1-10(7-14-8-11(2)22-23-14)19-18(24)20-13-5-6-15-16(9-13)25-17(21-15)12-3-4-12/h5-6,8-10,12H,3-4,7H2,1-2H3,(H,22,23)(H2,19,20,24). The van der Waals surface area contributed by atoms with E-state index in [1.54, 1.807) is 0 Å². The zero-order valence-corrected chi connectivity index (χ0v) is 14.3. The number of nitrogens with zero attached hydrogens (tertiary/aromatic N) is 2. The molecule has 1 aliphatic carbocycles. The van der Waals surface area contributed by atoms with Crippen LogP contribution in [-0.2, 0) is 6.42 Å². The number of aromatic amines is 1. The van der Waals surface area contributed by atoms with Crippen molar-refractivity contribution < 1.29 is 9.21 Å². The summed E-state index contributed by atoms with van der Waals surface area (Å²) in [4.78, 5) is 16.7. The average molecular weight is 339 g/mol. The van der Waals surface area contributed by atoms with Gasteiger partial charge in [0.2, 0.25) is 0 Å². The number of H-pyrrole nitrogens is 1. The van der Waals surface area contributed by atoms with E-state index in [-0.39, 0.29) is 12.1 Å². The summed E-state index contributed by atoms with van der Waals surface area (Å²) in [6, 6.07) is 7.22. The number of carbonyl (C=O) groups excluding carboxylic acids is 1. The van der Waals surface area contributed by atoms with E-state index in [0.717, 1.165) is 35.6 Å². The van der Waals surface area contributed by atoms with Crippen molar-refractivity contribution in [1.82, 2.24) is 20.5 Å². The molecular formula is C18H21N5O2. The van der Waals surface area contributed by atoms with E-state index in [9.17, 15) is 4.79 Å². The van der Waals surface area contributed by atoms with Crippen LogP contribution in [0.5, 0.6) is 0 Å². The molecule has 4 rings (SSSR count). The molecule has 1 saturated carbocycles. The highest BCUT2D eigenvalue weighted by atomic mass is 16.3. The largest absolute Gasteiger partial charge is 0.440 e. The third kappa shape index (κ3) is 3.65. The van der Waals surface area contributed by atoms with Gasteiger partial charge in [-0.05, 0) is 44.9 Å². The van der Waals surface area contributed by atoms with Crippen molar-refractivity contribution in [2.45, 2.75) is 45.1 Å². The van der Waals surface area contributed by atoms with Crippen LogP contribution in [0.3, 0.4) is 0 Å². The van der Waals surface area contributed by atoms with Crippen molar-refractivity contribution in [2.75, 3.05) is 5.32 Å². The number of fused-ring (bicyclic) bond motifs is 1. The molecule has 1 atom stereocenters. The fourth-order valence-corrected chi connectivity index (χ4v) is 2.86. The summed E-state index contributed by atoms with van der Waals surface area (Å²) in [5.41, 5.74) is 4.17. The molecule has 130 valence electrons. The summed E-state index contributed by atoms with van der Waals surface area (Å²) in [5.74, 6) is 1.28. The number of benzene rings is 1. The monoisotopic (exact) mass is 339 g/mol. The van der Waals surface area contributed by atoms with Crippen LogP contribution >= 0.6 is 0 Å². The zero-order chi connectivity index (χ0) is 17.4. The minimum absolute atomic E-state index is 0.0295. The van der Waals surface area contributed by atoms with E-state index >= 15 is 0 Å². The Kier molecular flexibility index (Phi) is 3.91. The molecule has 0 bridgehead atoms. The average Bonchev–Trinajstić information content (AvgIpc) is 3.20. The first-order valence-corrected chi connectivity index (χ1v) is 8.56. The number of aromatic nitrogens is 3. The predicted molar refractivity (Wildman–Crippen MR) is 94.6 cm³/mol. The van der Waals surface area contributed by atoms with E-state index in [1.165, 1.54) is 0 Å². The van der Waals surface area contributed by atoms with Gasteiger partial charge in [-0.25, -0.2) is 9.78 Å². The summed E-state index contributed by atoms with van der Waals surface area (Å²) in [5, 5.41) is 12.9. The molecule has 3 aromatic rings. The van der Waals surface area contributed by atoms with Crippen LogP contribution in [0.15, 0.2) is 28.7 Å². The van der Waals surface area contributed by atoms with Crippen LogP contribution in [0, 0.1) is 6.92 Å². The number of amides is 2. The highest BCUT2D eigenvalue weighted by Crippen LogP contribution is 2.40. The van der Waals surface area contributed by atoms with Gasteiger partial charge < -0.3 is 15.1 Å². The second-order valence-electron chi connectivity index (χ2n) is 6.75. The minimum Gasteiger partial charge on any atom is -0.440 e. The van der Waals surface area contributed by atoms with Crippen molar-refractivity contribution in [2.24, 2.45) is 0 Å². The Hall–Kier alpha value is -2.83. The lowest BCUT2D eigenvalue weighted by atomic mass is 10.2. The Morgan fingerprint density at radius 1 is 1.40 bits per heavy atom. The number of carbonyl (C=O) groups is 1. The molecule has 7 nitrogen and oxygen atoms in total. The van der Waals surface area contributed by atoms with E-state index in [0.29, 0.717) is 23.6 Å². The van der Waals surface area contributed by atoms with Crippen molar-refractivity contribution in [3.63, 3.8) is 0 Å². The number of hydrogen-bond acceptors (Lipinski definition) is 4. The molecule has 0 saturated heterocycles. The van der Waals surface area contributed by atoms with Gasteiger partial charge in [-0.1, -0.05) is 0 Å². The summed E-state index contributed by atoms with van der Waals surface area (Å²) >= 11 is 0. The Labute approximate surface area is 145 Å². The molecule has 3 N–H and O–H groups in total. The maximum Gasteiger partial charge on any atom is 0.319 e. The molecule has 7 heteroatoms. The van der Waals surface area contributed by atoms with Crippen LogP contribution in [-0.4, -0.2) is 27.3 Å². The van der Waals surface area contributed by atoms with Crippen LogP contribution in [0.4, 0.5) is 10.5 Å². The second-order valence-corrected chi connectivity index (χ2v) is 6.75. The molecule has 25 heavy (non-hydrogen) atoms. The van der Waals surface area contributed by atoms with Crippen LogP contribution in [0.2, 0.25) is 0 Å². The quantitative estimate of drug-likeness (QED) is 0.663.